The fourth-order valence-electron chi connectivity index (χ4n) is 2.20. The number of halogens is 1. The van der Waals surface area contributed by atoms with Crippen molar-refractivity contribution in [1.82, 2.24) is 4.90 Å². The van der Waals surface area contributed by atoms with Crippen LogP contribution in [0.25, 0.3) is 0 Å². The maximum absolute atomic E-state index is 5.98. The van der Waals surface area contributed by atoms with Gasteiger partial charge in [0.1, 0.15) is 0 Å². The molecule has 3 nitrogen and oxygen atoms in total. The molecule has 0 radical (unpaired) electrons. The van der Waals surface area contributed by atoms with Crippen LogP contribution in [-0.2, 0) is 0 Å². The van der Waals surface area contributed by atoms with Gasteiger partial charge in [-0.15, -0.1) is 24.0 Å². The fourth-order valence-corrected chi connectivity index (χ4v) is 2.20. The average molecular weight is 381 g/mol. The predicted octanol–water partition coefficient (Wildman–Crippen LogP) is 4.01. The van der Waals surface area contributed by atoms with Gasteiger partial charge in [-0.25, -0.2) is 0 Å². The molecule has 0 spiro atoms. The highest BCUT2D eigenvalue weighted by Crippen LogP contribution is 2.24. The standard InChI is InChI=1S/C15H31N3.HI/c1-4-5-6-7-8-9-13(2)12-17-15(16)18(3)14-10-11-14;/h13-14H,4-12H2,1-3H3,(H2,16,17);1H. The van der Waals surface area contributed by atoms with Crippen LogP contribution in [0.3, 0.4) is 0 Å². The minimum absolute atomic E-state index is 0. The number of aliphatic imine (C=N–C) groups is 1. The van der Waals surface area contributed by atoms with Gasteiger partial charge in [-0.1, -0.05) is 46.0 Å². The minimum Gasteiger partial charge on any atom is -0.370 e. The smallest absolute Gasteiger partial charge is 0.191 e. The third kappa shape index (κ3) is 8.71. The second-order valence-corrected chi connectivity index (χ2v) is 5.85. The normalized spacial score (nSPS) is 16.9. The summed E-state index contributed by atoms with van der Waals surface area (Å²) in [4.78, 5) is 6.65. The molecule has 114 valence electrons. The summed E-state index contributed by atoms with van der Waals surface area (Å²) in [5.41, 5.74) is 5.98. The molecule has 1 atom stereocenters. The Labute approximate surface area is 136 Å². The summed E-state index contributed by atoms with van der Waals surface area (Å²) in [5, 5.41) is 0. The molecule has 1 fully saturated rings. The summed E-state index contributed by atoms with van der Waals surface area (Å²) < 4.78 is 0. The van der Waals surface area contributed by atoms with Crippen molar-refractivity contribution in [3.8, 4) is 0 Å². The molecule has 19 heavy (non-hydrogen) atoms. The molecule has 0 heterocycles. The van der Waals surface area contributed by atoms with Gasteiger partial charge < -0.3 is 10.6 Å². The molecule has 4 heteroatoms. The Hall–Kier alpha value is 0. The van der Waals surface area contributed by atoms with Crippen LogP contribution in [0.5, 0.6) is 0 Å². The van der Waals surface area contributed by atoms with Crippen LogP contribution in [0.4, 0.5) is 0 Å². The molecule has 0 aliphatic heterocycles. The van der Waals surface area contributed by atoms with E-state index in [1.165, 1.54) is 51.4 Å². The number of guanidine groups is 1. The molecule has 1 rings (SSSR count). The zero-order valence-corrected chi connectivity index (χ0v) is 15.2. The Morgan fingerprint density at radius 2 is 1.89 bits per heavy atom. The van der Waals surface area contributed by atoms with E-state index < -0.39 is 0 Å². The second-order valence-electron chi connectivity index (χ2n) is 5.85. The highest BCUT2D eigenvalue weighted by molar-refractivity contribution is 14.0. The Morgan fingerprint density at radius 1 is 1.26 bits per heavy atom. The third-order valence-corrected chi connectivity index (χ3v) is 3.82. The minimum atomic E-state index is 0. The van der Waals surface area contributed by atoms with E-state index >= 15 is 0 Å². The van der Waals surface area contributed by atoms with Gasteiger partial charge in [0, 0.05) is 19.6 Å². The fraction of sp³-hybridized carbons (Fsp3) is 0.933. The Bertz CT molecular complexity index is 252. The summed E-state index contributed by atoms with van der Waals surface area (Å²) in [6, 6.07) is 0.665. The molecule has 0 aromatic rings. The second kappa shape index (κ2) is 10.7. The van der Waals surface area contributed by atoms with E-state index in [9.17, 15) is 0 Å². The van der Waals surface area contributed by atoms with Gasteiger partial charge >= 0.3 is 0 Å². The van der Waals surface area contributed by atoms with Crippen molar-refractivity contribution in [2.45, 2.75) is 71.3 Å². The summed E-state index contributed by atoms with van der Waals surface area (Å²) in [7, 11) is 2.06. The summed E-state index contributed by atoms with van der Waals surface area (Å²) >= 11 is 0. The van der Waals surface area contributed by atoms with Gasteiger partial charge in [0.15, 0.2) is 5.96 Å². The molecular formula is C15H32IN3. The lowest BCUT2D eigenvalue weighted by Crippen LogP contribution is -2.36. The van der Waals surface area contributed by atoms with Crippen LogP contribution in [0.2, 0.25) is 0 Å². The van der Waals surface area contributed by atoms with Gasteiger partial charge in [-0.2, -0.15) is 0 Å². The number of unbranched alkanes of at least 4 members (excludes halogenated alkanes) is 4. The molecule has 0 saturated heterocycles. The van der Waals surface area contributed by atoms with E-state index in [0.29, 0.717) is 12.0 Å². The van der Waals surface area contributed by atoms with Crippen molar-refractivity contribution >= 4 is 29.9 Å². The molecule has 1 unspecified atom stereocenters. The van der Waals surface area contributed by atoms with Crippen molar-refractivity contribution < 1.29 is 0 Å². The predicted molar refractivity (Wildman–Crippen MR) is 95.2 cm³/mol. The molecule has 1 saturated carbocycles. The third-order valence-electron chi connectivity index (χ3n) is 3.82. The number of nitrogens with zero attached hydrogens (tertiary/aromatic N) is 2. The van der Waals surface area contributed by atoms with Gasteiger partial charge in [0.05, 0.1) is 0 Å². The average Bonchev–Trinajstić information content (AvgIpc) is 3.19. The molecule has 1 aliphatic rings. The lowest BCUT2D eigenvalue weighted by atomic mass is 10.0. The highest BCUT2D eigenvalue weighted by atomic mass is 127. The van der Waals surface area contributed by atoms with Crippen molar-refractivity contribution in [2.75, 3.05) is 13.6 Å². The molecule has 0 bridgehead atoms. The van der Waals surface area contributed by atoms with Crippen molar-refractivity contribution in [3.63, 3.8) is 0 Å². The Morgan fingerprint density at radius 3 is 2.47 bits per heavy atom. The van der Waals surface area contributed by atoms with Crippen molar-refractivity contribution in [3.05, 3.63) is 0 Å². The highest BCUT2D eigenvalue weighted by Gasteiger charge is 2.27. The first-order valence-corrected chi connectivity index (χ1v) is 7.67. The monoisotopic (exact) mass is 381 g/mol. The van der Waals surface area contributed by atoms with Gasteiger partial charge in [-0.3, -0.25) is 4.99 Å². The van der Waals surface area contributed by atoms with Gasteiger partial charge in [-0.05, 0) is 25.2 Å². The van der Waals surface area contributed by atoms with Gasteiger partial charge in [0.25, 0.3) is 0 Å². The van der Waals surface area contributed by atoms with Crippen LogP contribution < -0.4 is 5.73 Å². The van der Waals surface area contributed by atoms with Crippen molar-refractivity contribution in [2.24, 2.45) is 16.6 Å². The molecule has 1 aliphatic carbocycles. The topological polar surface area (TPSA) is 41.6 Å². The van der Waals surface area contributed by atoms with Crippen LogP contribution in [0.1, 0.15) is 65.2 Å². The van der Waals surface area contributed by atoms with Crippen LogP contribution in [0, 0.1) is 5.92 Å². The molecule has 0 aromatic carbocycles. The van der Waals surface area contributed by atoms with Crippen molar-refractivity contribution in [1.29, 1.82) is 0 Å². The van der Waals surface area contributed by atoms with E-state index in [0.717, 1.165) is 12.5 Å². The first kappa shape index (κ1) is 19.0. The molecule has 0 amide bonds. The zero-order chi connectivity index (χ0) is 13.4. The first-order chi connectivity index (χ1) is 8.65. The number of hydrogen-bond acceptors (Lipinski definition) is 1. The Balaban J connectivity index is 0.00000324. The van der Waals surface area contributed by atoms with Crippen LogP contribution in [-0.4, -0.2) is 30.5 Å². The summed E-state index contributed by atoms with van der Waals surface area (Å²) in [6.07, 6.45) is 10.6. The molecular weight excluding hydrogens is 349 g/mol. The zero-order valence-electron chi connectivity index (χ0n) is 12.9. The number of hydrogen-bond donors (Lipinski definition) is 1. The summed E-state index contributed by atoms with van der Waals surface area (Å²) in [6.45, 7) is 5.43. The Kier molecular flexibility index (Phi) is 10.7. The van der Waals surface area contributed by atoms with E-state index in [4.69, 9.17) is 5.73 Å². The molecule has 0 aromatic heterocycles. The van der Waals surface area contributed by atoms with E-state index in [-0.39, 0.29) is 24.0 Å². The first-order valence-electron chi connectivity index (χ1n) is 7.67. The van der Waals surface area contributed by atoms with Gasteiger partial charge in [0.2, 0.25) is 0 Å². The maximum atomic E-state index is 5.98. The van der Waals surface area contributed by atoms with E-state index in [1.807, 2.05) is 0 Å². The maximum Gasteiger partial charge on any atom is 0.191 e. The van der Waals surface area contributed by atoms with E-state index in [2.05, 4.69) is 30.8 Å². The number of nitrogens with two attached hydrogens (primary N) is 1. The van der Waals surface area contributed by atoms with Crippen LogP contribution in [0.15, 0.2) is 4.99 Å². The van der Waals surface area contributed by atoms with E-state index in [1.54, 1.807) is 0 Å². The number of rotatable bonds is 9. The van der Waals surface area contributed by atoms with Crippen LogP contribution >= 0.6 is 24.0 Å². The molecule has 2 N–H and O–H groups in total. The quantitative estimate of drug-likeness (QED) is 0.284. The lowest BCUT2D eigenvalue weighted by molar-refractivity contribution is 0.469. The summed E-state index contributed by atoms with van der Waals surface area (Å²) in [5.74, 6) is 1.40. The lowest BCUT2D eigenvalue weighted by Gasteiger charge is -2.17. The largest absolute Gasteiger partial charge is 0.370 e. The SMILES string of the molecule is CCCCCCCC(C)CN=C(N)N(C)C1CC1.I.